The summed E-state index contributed by atoms with van der Waals surface area (Å²) >= 11 is 0. The normalized spacial score (nSPS) is 9.64. The average Bonchev–Trinajstić information content (AvgIpc) is 2.04. The van der Waals surface area contributed by atoms with Gasteiger partial charge in [0.05, 0.1) is 0 Å². The number of nitrogens with zero attached hydrogens (tertiary/aromatic N) is 3. The van der Waals surface area contributed by atoms with Crippen LogP contribution >= 0.6 is 0 Å². The summed E-state index contributed by atoms with van der Waals surface area (Å²) in [5, 5.41) is 8.28. The Balaban J connectivity index is 3.15. The van der Waals surface area contributed by atoms with E-state index >= 15 is 0 Å². The minimum atomic E-state index is -2.74. The lowest BCUT2D eigenvalue weighted by atomic mass is 10.3. The highest BCUT2D eigenvalue weighted by molar-refractivity contribution is 5.25. The van der Waals surface area contributed by atoms with Gasteiger partial charge < -0.3 is 0 Å². The molecule has 0 atom stereocenters. The molecule has 1 rings (SSSR count). The van der Waals surface area contributed by atoms with Gasteiger partial charge in [0.2, 0.25) is 0 Å². The van der Waals surface area contributed by atoms with Crippen LogP contribution in [0.3, 0.4) is 0 Å². The van der Waals surface area contributed by atoms with Gasteiger partial charge in [-0.25, -0.2) is 13.8 Å². The topological polar surface area (TPSA) is 49.6 Å². The van der Waals surface area contributed by atoms with Crippen LogP contribution in [0.25, 0.3) is 0 Å². The van der Waals surface area contributed by atoms with Gasteiger partial charge in [-0.3, -0.25) is 4.98 Å². The fourth-order valence-electron chi connectivity index (χ4n) is 0.595. The predicted octanol–water partition coefficient (Wildman–Crippen LogP) is 1.29. The van der Waals surface area contributed by atoms with Crippen molar-refractivity contribution in [2.24, 2.45) is 0 Å². The quantitative estimate of drug-likeness (QED) is 0.613. The average molecular weight is 155 g/mol. The molecule has 3 nitrogen and oxygen atoms in total. The summed E-state index contributed by atoms with van der Waals surface area (Å²) in [6.07, 6.45) is -0.411. The van der Waals surface area contributed by atoms with Gasteiger partial charge >= 0.3 is 0 Å². The molecule has 0 saturated carbocycles. The van der Waals surface area contributed by atoms with E-state index in [-0.39, 0.29) is 5.69 Å². The molecule has 0 amide bonds. The maximum absolute atomic E-state index is 12.0. The molecule has 0 aliphatic heterocycles. The molecule has 0 radical (unpaired) electrons. The van der Waals surface area contributed by atoms with Gasteiger partial charge in [0.15, 0.2) is 5.69 Å². The second-order valence-electron chi connectivity index (χ2n) is 1.70. The highest BCUT2D eigenvalue weighted by Crippen LogP contribution is 2.17. The van der Waals surface area contributed by atoms with Crippen LogP contribution in [0.4, 0.5) is 8.78 Å². The number of aromatic nitrogens is 2. The van der Waals surface area contributed by atoms with Gasteiger partial charge in [-0.1, -0.05) is 0 Å². The number of hydrogen-bond acceptors (Lipinski definition) is 3. The summed E-state index contributed by atoms with van der Waals surface area (Å²) in [5.74, 6) is 0. The van der Waals surface area contributed by atoms with Gasteiger partial charge in [-0.15, -0.1) is 0 Å². The fraction of sp³-hybridized carbons (Fsp3) is 0.167. The first-order valence-electron chi connectivity index (χ1n) is 2.75. The van der Waals surface area contributed by atoms with E-state index in [2.05, 4.69) is 9.97 Å². The summed E-state index contributed by atoms with van der Waals surface area (Å²) in [6.45, 7) is 0. The lowest BCUT2D eigenvalue weighted by Gasteiger charge is -1.97. The molecule has 1 heterocycles. The summed E-state index contributed by atoms with van der Waals surface area (Å²) in [4.78, 5) is 6.73. The third kappa shape index (κ3) is 1.46. The molecule has 0 N–H and O–H groups in total. The van der Waals surface area contributed by atoms with Crippen LogP contribution in [-0.4, -0.2) is 9.97 Å². The molecule has 0 spiro atoms. The molecular weight excluding hydrogens is 152 g/mol. The maximum atomic E-state index is 12.0. The second-order valence-corrected chi connectivity index (χ2v) is 1.70. The highest BCUT2D eigenvalue weighted by Gasteiger charge is 2.14. The van der Waals surface area contributed by atoms with Crippen molar-refractivity contribution in [3.05, 3.63) is 23.8 Å². The Labute approximate surface area is 61.3 Å². The summed E-state index contributed by atoms with van der Waals surface area (Å²) in [7, 11) is 0. The monoisotopic (exact) mass is 155 g/mol. The molecule has 11 heavy (non-hydrogen) atoms. The van der Waals surface area contributed by atoms with Gasteiger partial charge in [0.1, 0.15) is 11.8 Å². The SMILES string of the molecule is N#Cc1nccnc1C(F)F. The lowest BCUT2D eigenvalue weighted by molar-refractivity contribution is 0.145. The van der Waals surface area contributed by atoms with Crippen molar-refractivity contribution in [2.75, 3.05) is 0 Å². The number of rotatable bonds is 1. The lowest BCUT2D eigenvalue weighted by Crippen LogP contribution is -1.96. The number of alkyl halides is 2. The van der Waals surface area contributed by atoms with Crippen molar-refractivity contribution in [2.45, 2.75) is 6.43 Å². The van der Waals surface area contributed by atoms with E-state index < -0.39 is 12.1 Å². The standard InChI is InChI=1S/C6H3F2N3/c7-6(8)5-4(3-9)10-1-2-11-5/h1-2,6H. The molecule has 1 aromatic rings. The Morgan fingerprint density at radius 2 is 2.00 bits per heavy atom. The van der Waals surface area contributed by atoms with E-state index in [1.165, 1.54) is 12.3 Å². The second kappa shape index (κ2) is 3.01. The van der Waals surface area contributed by atoms with Crippen molar-refractivity contribution in [3.8, 4) is 6.07 Å². The summed E-state index contributed by atoms with van der Waals surface area (Å²) in [6, 6.07) is 1.52. The van der Waals surface area contributed by atoms with E-state index in [0.717, 1.165) is 6.20 Å². The van der Waals surface area contributed by atoms with Crippen molar-refractivity contribution in [1.29, 1.82) is 5.26 Å². The highest BCUT2D eigenvalue weighted by atomic mass is 19.3. The third-order valence-corrected chi connectivity index (χ3v) is 1.04. The molecule has 0 saturated heterocycles. The van der Waals surface area contributed by atoms with Crippen molar-refractivity contribution >= 4 is 0 Å². The first-order valence-corrected chi connectivity index (χ1v) is 2.75. The Kier molecular flexibility index (Phi) is 2.06. The van der Waals surface area contributed by atoms with E-state index in [9.17, 15) is 8.78 Å². The number of nitriles is 1. The summed E-state index contributed by atoms with van der Waals surface area (Å²) in [5.41, 5.74) is -0.877. The Bertz CT molecular complexity index is 292. The zero-order valence-electron chi connectivity index (χ0n) is 5.33. The van der Waals surface area contributed by atoms with Crippen molar-refractivity contribution < 1.29 is 8.78 Å². The van der Waals surface area contributed by atoms with Crippen LogP contribution in [-0.2, 0) is 0 Å². The Hall–Kier alpha value is -1.57. The molecule has 1 aromatic heterocycles. The van der Waals surface area contributed by atoms with Crippen LogP contribution < -0.4 is 0 Å². The van der Waals surface area contributed by atoms with Crippen LogP contribution in [0.2, 0.25) is 0 Å². The smallest absolute Gasteiger partial charge is 0.251 e. The first-order chi connectivity index (χ1) is 5.25. The Morgan fingerprint density at radius 3 is 2.45 bits per heavy atom. The molecule has 0 bridgehead atoms. The summed E-state index contributed by atoms with van der Waals surface area (Å²) < 4.78 is 23.9. The molecular formula is C6H3F2N3. The molecule has 5 heteroatoms. The largest absolute Gasteiger partial charge is 0.283 e. The van der Waals surface area contributed by atoms with E-state index in [1.54, 1.807) is 0 Å². The molecule has 0 fully saturated rings. The van der Waals surface area contributed by atoms with E-state index in [4.69, 9.17) is 5.26 Å². The van der Waals surface area contributed by atoms with E-state index in [1.807, 2.05) is 0 Å². The Morgan fingerprint density at radius 1 is 1.36 bits per heavy atom. The van der Waals surface area contributed by atoms with Gasteiger partial charge in [0.25, 0.3) is 6.43 Å². The minimum Gasteiger partial charge on any atom is -0.251 e. The van der Waals surface area contributed by atoms with Crippen molar-refractivity contribution in [3.63, 3.8) is 0 Å². The van der Waals surface area contributed by atoms with Crippen molar-refractivity contribution in [1.82, 2.24) is 9.97 Å². The maximum Gasteiger partial charge on any atom is 0.283 e. The third-order valence-electron chi connectivity index (χ3n) is 1.04. The van der Waals surface area contributed by atoms with Gasteiger partial charge in [0, 0.05) is 12.4 Å². The number of hydrogen-bond donors (Lipinski definition) is 0. The molecule has 0 aromatic carbocycles. The van der Waals surface area contributed by atoms with E-state index in [0.29, 0.717) is 0 Å². The van der Waals surface area contributed by atoms with Crippen LogP contribution in [0.15, 0.2) is 12.4 Å². The zero-order valence-corrected chi connectivity index (χ0v) is 5.33. The van der Waals surface area contributed by atoms with Crippen LogP contribution in [0.5, 0.6) is 0 Å². The van der Waals surface area contributed by atoms with Gasteiger partial charge in [-0.2, -0.15) is 5.26 Å². The van der Waals surface area contributed by atoms with Crippen LogP contribution in [0.1, 0.15) is 17.8 Å². The predicted molar refractivity (Wildman–Crippen MR) is 31.7 cm³/mol. The minimum absolute atomic E-state index is 0.317. The molecule has 0 aliphatic carbocycles. The fourth-order valence-corrected chi connectivity index (χ4v) is 0.595. The molecule has 0 unspecified atom stereocenters. The molecule has 0 aliphatic rings. The number of halogens is 2. The van der Waals surface area contributed by atoms with Gasteiger partial charge in [-0.05, 0) is 0 Å². The first kappa shape index (κ1) is 7.54. The zero-order chi connectivity index (χ0) is 8.27. The molecule has 56 valence electrons. The van der Waals surface area contributed by atoms with Crippen LogP contribution in [0, 0.1) is 11.3 Å².